The Morgan fingerprint density at radius 3 is 2.35 bits per heavy atom. The molecule has 1 aliphatic carbocycles. The van der Waals surface area contributed by atoms with Crippen LogP contribution in [0.25, 0.3) is 0 Å². The highest BCUT2D eigenvalue weighted by atomic mass is 32.2. The first-order valence-electron chi connectivity index (χ1n) is 6.42. The smallest absolute Gasteiger partial charge is 0.314 e. The van der Waals surface area contributed by atoms with Gasteiger partial charge in [0.05, 0.1) is 5.92 Å². The van der Waals surface area contributed by atoms with E-state index in [0.717, 1.165) is 24.5 Å². The van der Waals surface area contributed by atoms with Gasteiger partial charge in [0.15, 0.2) is 0 Å². The molecule has 1 fully saturated rings. The number of rotatable bonds is 6. The van der Waals surface area contributed by atoms with E-state index in [1.54, 1.807) is 0 Å². The summed E-state index contributed by atoms with van der Waals surface area (Å²) in [5.41, 5.74) is 0. The zero-order valence-corrected chi connectivity index (χ0v) is 11.2. The molecule has 0 atom stereocenters. The first-order chi connectivity index (χ1) is 8.04. The van der Waals surface area contributed by atoms with E-state index in [9.17, 15) is 13.2 Å². The second-order valence-corrected chi connectivity index (χ2v) is 5.99. The van der Waals surface area contributed by atoms with Crippen LogP contribution in [-0.4, -0.2) is 30.3 Å². The number of hydrogen-bond donors (Lipinski definition) is 1. The van der Waals surface area contributed by atoms with E-state index in [2.05, 4.69) is 12.2 Å². The van der Waals surface area contributed by atoms with Gasteiger partial charge in [-0.3, -0.25) is 0 Å². The normalized spacial score (nSPS) is 26.1. The maximum absolute atomic E-state index is 12.4. The quantitative estimate of drug-likeness (QED) is 0.735. The lowest BCUT2D eigenvalue weighted by Gasteiger charge is -2.30. The summed E-state index contributed by atoms with van der Waals surface area (Å²) in [5.74, 6) is 1.22. The molecule has 5 heteroatoms. The molecule has 1 aliphatic rings. The fourth-order valence-electron chi connectivity index (χ4n) is 2.25. The van der Waals surface area contributed by atoms with Gasteiger partial charge in [-0.2, -0.15) is 24.9 Å². The standard InChI is InChI=1S/C12H22F3NS/c1-2-17-9-3-8-16-11-6-4-10(5-7-11)12(13,14)15/h10-11,16H,2-9H2,1H3. The Morgan fingerprint density at radius 2 is 1.82 bits per heavy atom. The van der Waals surface area contributed by atoms with Gasteiger partial charge in [-0.1, -0.05) is 6.92 Å². The lowest BCUT2D eigenvalue weighted by atomic mass is 9.85. The third kappa shape index (κ3) is 6.00. The highest BCUT2D eigenvalue weighted by Gasteiger charge is 2.41. The van der Waals surface area contributed by atoms with Crippen molar-refractivity contribution in [2.75, 3.05) is 18.1 Å². The minimum atomic E-state index is -3.98. The topological polar surface area (TPSA) is 12.0 Å². The van der Waals surface area contributed by atoms with Gasteiger partial charge in [-0.15, -0.1) is 0 Å². The average Bonchev–Trinajstić information content (AvgIpc) is 2.28. The van der Waals surface area contributed by atoms with Crippen LogP contribution in [0.4, 0.5) is 13.2 Å². The van der Waals surface area contributed by atoms with E-state index in [0.29, 0.717) is 31.7 Å². The van der Waals surface area contributed by atoms with Gasteiger partial charge in [0.25, 0.3) is 0 Å². The Morgan fingerprint density at radius 1 is 1.18 bits per heavy atom. The monoisotopic (exact) mass is 269 g/mol. The maximum atomic E-state index is 12.4. The molecule has 0 aromatic rings. The van der Waals surface area contributed by atoms with Crippen LogP contribution in [-0.2, 0) is 0 Å². The van der Waals surface area contributed by atoms with Crippen molar-refractivity contribution >= 4 is 11.8 Å². The highest BCUT2D eigenvalue weighted by molar-refractivity contribution is 7.99. The zero-order chi connectivity index (χ0) is 12.7. The van der Waals surface area contributed by atoms with Gasteiger partial charge < -0.3 is 5.32 Å². The Bertz CT molecular complexity index is 200. The molecule has 0 radical (unpaired) electrons. The van der Waals surface area contributed by atoms with Crippen LogP contribution in [0.3, 0.4) is 0 Å². The van der Waals surface area contributed by atoms with Crippen molar-refractivity contribution in [1.82, 2.24) is 5.32 Å². The molecule has 0 aromatic carbocycles. The Labute approximate surface area is 106 Å². The van der Waals surface area contributed by atoms with Crippen LogP contribution < -0.4 is 5.32 Å². The molecule has 1 N–H and O–H groups in total. The van der Waals surface area contributed by atoms with Gasteiger partial charge in [-0.05, 0) is 50.2 Å². The molecule has 0 amide bonds. The summed E-state index contributed by atoms with van der Waals surface area (Å²) < 4.78 is 37.3. The van der Waals surface area contributed by atoms with E-state index >= 15 is 0 Å². The van der Waals surface area contributed by atoms with Gasteiger partial charge in [0.1, 0.15) is 0 Å². The number of thioether (sulfide) groups is 1. The van der Waals surface area contributed by atoms with E-state index in [1.807, 2.05) is 11.8 Å². The zero-order valence-electron chi connectivity index (χ0n) is 10.4. The average molecular weight is 269 g/mol. The van der Waals surface area contributed by atoms with E-state index in [4.69, 9.17) is 0 Å². The molecule has 0 heterocycles. The van der Waals surface area contributed by atoms with Crippen LogP contribution >= 0.6 is 11.8 Å². The van der Waals surface area contributed by atoms with Gasteiger partial charge in [0, 0.05) is 6.04 Å². The number of hydrogen-bond acceptors (Lipinski definition) is 2. The predicted octanol–water partition coefficient (Wildman–Crippen LogP) is 3.84. The molecule has 0 aromatic heterocycles. The van der Waals surface area contributed by atoms with E-state index in [-0.39, 0.29) is 0 Å². The Balaban J connectivity index is 2.07. The van der Waals surface area contributed by atoms with Crippen molar-refractivity contribution < 1.29 is 13.2 Å². The summed E-state index contributed by atoms with van der Waals surface area (Å²) in [6.45, 7) is 3.07. The molecule has 1 saturated carbocycles. The molecule has 1 rings (SSSR count). The molecular weight excluding hydrogens is 247 g/mol. The van der Waals surface area contributed by atoms with Crippen molar-refractivity contribution in [2.24, 2.45) is 5.92 Å². The number of alkyl halides is 3. The number of halogens is 3. The first-order valence-corrected chi connectivity index (χ1v) is 7.57. The summed E-state index contributed by atoms with van der Waals surface area (Å²) in [6, 6.07) is 0.306. The SMILES string of the molecule is CCSCCCNC1CCC(C(F)(F)F)CC1. The lowest BCUT2D eigenvalue weighted by Crippen LogP contribution is -2.37. The molecule has 0 bridgehead atoms. The van der Waals surface area contributed by atoms with Crippen LogP contribution in [0.2, 0.25) is 0 Å². The molecular formula is C12H22F3NS. The van der Waals surface area contributed by atoms with Gasteiger partial charge >= 0.3 is 6.18 Å². The van der Waals surface area contributed by atoms with Crippen molar-refractivity contribution in [2.45, 2.75) is 51.2 Å². The molecule has 1 nitrogen and oxygen atoms in total. The third-order valence-electron chi connectivity index (χ3n) is 3.29. The maximum Gasteiger partial charge on any atom is 0.391 e. The Hall–Kier alpha value is 0.100. The second-order valence-electron chi connectivity index (χ2n) is 4.59. The summed E-state index contributed by atoms with van der Waals surface area (Å²) >= 11 is 1.91. The summed E-state index contributed by atoms with van der Waals surface area (Å²) in [5, 5.41) is 3.37. The molecule has 102 valence electrons. The minimum Gasteiger partial charge on any atom is -0.314 e. The Kier molecular flexibility index (Phi) is 6.70. The molecule has 17 heavy (non-hydrogen) atoms. The van der Waals surface area contributed by atoms with Crippen LogP contribution in [0.15, 0.2) is 0 Å². The molecule has 0 unspecified atom stereocenters. The van der Waals surface area contributed by atoms with Crippen molar-refractivity contribution in [1.29, 1.82) is 0 Å². The van der Waals surface area contributed by atoms with Crippen molar-refractivity contribution in [3.63, 3.8) is 0 Å². The highest BCUT2D eigenvalue weighted by Crippen LogP contribution is 2.37. The van der Waals surface area contributed by atoms with Gasteiger partial charge in [0.2, 0.25) is 0 Å². The summed E-state index contributed by atoms with van der Waals surface area (Å²) in [7, 11) is 0. The summed E-state index contributed by atoms with van der Waals surface area (Å²) in [6.07, 6.45) is -0.938. The fourth-order valence-corrected chi connectivity index (χ4v) is 2.89. The van der Waals surface area contributed by atoms with Crippen molar-refractivity contribution in [3.8, 4) is 0 Å². The molecule has 0 spiro atoms. The van der Waals surface area contributed by atoms with Crippen LogP contribution in [0.1, 0.15) is 39.0 Å². The largest absolute Gasteiger partial charge is 0.391 e. The third-order valence-corrected chi connectivity index (χ3v) is 4.28. The van der Waals surface area contributed by atoms with Gasteiger partial charge in [-0.25, -0.2) is 0 Å². The second kappa shape index (κ2) is 7.52. The predicted molar refractivity (Wildman–Crippen MR) is 67.4 cm³/mol. The lowest BCUT2D eigenvalue weighted by molar-refractivity contribution is -0.182. The minimum absolute atomic E-state index is 0.297. The fraction of sp³-hybridized carbons (Fsp3) is 1.00. The molecule has 0 aliphatic heterocycles. The van der Waals surface area contributed by atoms with Crippen molar-refractivity contribution in [3.05, 3.63) is 0 Å². The van der Waals surface area contributed by atoms with E-state index in [1.165, 1.54) is 0 Å². The first kappa shape index (κ1) is 15.2. The summed E-state index contributed by atoms with van der Waals surface area (Å²) in [4.78, 5) is 0. The molecule has 0 saturated heterocycles. The number of nitrogens with one attached hydrogen (secondary N) is 1. The van der Waals surface area contributed by atoms with E-state index < -0.39 is 12.1 Å². The van der Waals surface area contributed by atoms with Crippen LogP contribution in [0.5, 0.6) is 0 Å². The van der Waals surface area contributed by atoms with Crippen LogP contribution in [0, 0.1) is 5.92 Å².